The number of carboxylic acids is 1. The fourth-order valence-corrected chi connectivity index (χ4v) is 2.14. The van der Waals surface area contributed by atoms with Crippen molar-refractivity contribution in [1.29, 1.82) is 0 Å². The number of carbonyl (C=O) groups excluding carboxylic acids is 2. The summed E-state index contributed by atoms with van der Waals surface area (Å²) in [5, 5.41) is 15.2. The number of hydrogen-bond donors (Lipinski definition) is 0. The van der Waals surface area contributed by atoms with Gasteiger partial charge in [0.05, 0.1) is 11.5 Å². The maximum atomic E-state index is 12.1. The van der Waals surface area contributed by atoms with Gasteiger partial charge in [0.15, 0.2) is 0 Å². The largest absolute Gasteiger partial charge is 0.543 e. The number of aromatic carboxylic acids is 1. The van der Waals surface area contributed by atoms with Gasteiger partial charge in [-0.25, -0.2) is 4.79 Å². The minimum absolute atomic E-state index is 0.0779. The highest BCUT2D eigenvalue weighted by Crippen LogP contribution is 2.18. The van der Waals surface area contributed by atoms with Crippen LogP contribution in [0.15, 0.2) is 54.6 Å². The zero-order valence-electron chi connectivity index (χ0n) is 11.4. The Morgan fingerprint density at radius 2 is 1.73 bits per heavy atom. The van der Waals surface area contributed by atoms with E-state index in [4.69, 9.17) is 4.74 Å². The number of benzene rings is 2. The molecule has 0 aliphatic heterocycles. The van der Waals surface area contributed by atoms with Crippen LogP contribution < -0.4 is 5.11 Å². The van der Waals surface area contributed by atoms with Crippen molar-refractivity contribution in [2.24, 2.45) is 0 Å². The topological polar surface area (TPSA) is 84.2 Å². The normalized spacial score (nSPS) is 10.5. The molecular formula is C16H11N2O4-. The predicted molar refractivity (Wildman–Crippen MR) is 76.1 cm³/mol. The Kier molecular flexibility index (Phi) is 3.57. The molecule has 0 saturated carbocycles. The highest BCUT2D eigenvalue weighted by atomic mass is 16.6. The minimum atomic E-state index is -1.44. The SMILES string of the molecule is O=C([O-])c1nn(C(=O)OCc2ccccc2)c2ccccc12. The summed E-state index contributed by atoms with van der Waals surface area (Å²) in [6, 6.07) is 15.7. The fraction of sp³-hybridized carbons (Fsp3) is 0.0625. The van der Waals surface area contributed by atoms with Gasteiger partial charge in [0, 0.05) is 5.39 Å². The zero-order chi connectivity index (χ0) is 15.5. The lowest BCUT2D eigenvalue weighted by Crippen LogP contribution is -2.24. The number of para-hydroxylation sites is 1. The highest BCUT2D eigenvalue weighted by Gasteiger charge is 2.16. The molecule has 1 heterocycles. The third-order valence-electron chi connectivity index (χ3n) is 3.16. The fourth-order valence-electron chi connectivity index (χ4n) is 2.14. The molecule has 1 aromatic heterocycles. The zero-order valence-corrected chi connectivity index (χ0v) is 11.4. The third-order valence-corrected chi connectivity index (χ3v) is 3.16. The van der Waals surface area contributed by atoms with Crippen molar-refractivity contribution >= 4 is 23.0 Å². The van der Waals surface area contributed by atoms with Crippen LogP contribution in [0.5, 0.6) is 0 Å². The van der Waals surface area contributed by atoms with E-state index in [2.05, 4.69) is 5.10 Å². The predicted octanol–water partition coefficient (Wildman–Crippen LogP) is 1.58. The number of nitrogens with zero attached hydrogens (tertiary/aromatic N) is 2. The molecule has 6 heteroatoms. The number of carboxylic acid groups (broad SMARTS) is 1. The van der Waals surface area contributed by atoms with E-state index in [9.17, 15) is 14.7 Å². The summed E-state index contributed by atoms with van der Waals surface area (Å²) in [6.45, 7) is 0.0779. The second-order valence-electron chi connectivity index (χ2n) is 4.61. The van der Waals surface area contributed by atoms with E-state index in [1.165, 1.54) is 0 Å². The molecule has 110 valence electrons. The maximum absolute atomic E-state index is 12.1. The van der Waals surface area contributed by atoms with E-state index in [0.29, 0.717) is 10.9 Å². The molecule has 3 rings (SSSR count). The molecule has 0 fully saturated rings. The van der Waals surface area contributed by atoms with E-state index in [0.717, 1.165) is 10.2 Å². The van der Waals surface area contributed by atoms with E-state index < -0.39 is 12.1 Å². The second-order valence-corrected chi connectivity index (χ2v) is 4.61. The summed E-state index contributed by atoms with van der Waals surface area (Å²) in [5.41, 5.74) is 0.902. The van der Waals surface area contributed by atoms with Gasteiger partial charge in [-0.3, -0.25) is 0 Å². The van der Waals surface area contributed by atoms with E-state index in [1.54, 1.807) is 24.3 Å². The van der Waals surface area contributed by atoms with Crippen molar-refractivity contribution in [3.63, 3.8) is 0 Å². The molecule has 0 radical (unpaired) electrons. The first-order valence-electron chi connectivity index (χ1n) is 6.57. The van der Waals surface area contributed by atoms with Crippen molar-refractivity contribution in [3.05, 3.63) is 65.9 Å². The van der Waals surface area contributed by atoms with Crippen LogP contribution in [0.1, 0.15) is 16.1 Å². The molecule has 0 aliphatic carbocycles. The van der Waals surface area contributed by atoms with Crippen molar-refractivity contribution in [2.45, 2.75) is 6.61 Å². The lowest BCUT2D eigenvalue weighted by molar-refractivity contribution is -0.255. The molecule has 0 N–H and O–H groups in total. The molecule has 3 aromatic rings. The molecule has 22 heavy (non-hydrogen) atoms. The first kappa shape index (κ1) is 13.8. The van der Waals surface area contributed by atoms with Crippen LogP contribution in [0.2, 0.25) is 0 Å². The molecule has 0 atom stereocenters. The van der Waals surface area contributed by atoms with Crippen molar-refractivity contribution < 1.29 is 19.4 Å². The third kappa shape index (κ3) is 2.54. The number of rotatable bonds is 3. The van der Waals surface area contributed by atoms with Crippen LogP contribution in [0.4, 0.5) is 4.79 Å². The van der Waals surface area contributed by atoms with E-state index in [-0.39, 0.29) is 12.3 Å². The molecular weight excluding hydrogens is 284 g/mol. The van der Waals surface area contributed by atoms with Crippen LogP contribution in [0.25, 0.3) is 10.9 Å². The van der Waals surface area contributed by atoms with Gasteiger partial charge >= 0.3 is 6.09 Å². The Bertz CT molecular complexity index is 840. The quantitative estimate of drug-likeness (QED) is 0.732. The molecule has 2 aromatic carbocycles. The number of carbonyl (C=O) groups is 2. The summed E-state index contributed by atoms with van der Waals surface area (Å²) in [7, 11) is 0. The van der Waals surface area contributed by atoms with Crippen molar-refractivity contribution in [3.8, 4) is 0 Å². The van der Waals surface area contributed by atoms with Gasteiger partial charge in [-0.15, -0.1) is 0 Å². The Morgan fingerprint density at radius 3 is 2.45 bits per heavy atom. The van der Waals surface area contributed by atoms with Gasteiger partial charge < -0.3 is 14.6 Å². The average molecular weight is 295 g/mol. The van der Waals surface area contributed by atoms with Crippen molar-refractivity contribution in [1.82, 2.24) is 9.78 Å². The monoisotopic (exact) mass is 295 g/mol. The Morgan fingerprint density at radius 1 is 1.05 bits per heavy atom. The Balaban J connectivity index is 1.89. The smallest absolute Gasteiger partial charge is 0.435 e. The van der Waals surface area contributed by atoms with Gasteiger partial charge in [0.2, 0.25) is 0 Å². The second kappa shape index (κ2) is 5.69. The Labute approximate surface area is 125 Å². The van der Waals surface area contributed by atoms with E-state index >= 15 is 0 Å². The van der Waals surface area contributed by atoms with Gasteiger partial charge in [0.1, 0.15) is 12.3 Å². The van der Waals surface area contributed by atoms with Crippen LogP contribution in [0, 0.1) is 0 Å². The minimum Gasteiger partial charge on any atom is -0.543 e. The lowest BCUT2D eigenvalue weighted by Gasteiger charge is -2.05. The number of aromatic nitrogens is 2. The highest BCUT2D eigenvalue weighted by molar-refractivity contribution is 6.02. The molecule has 0 amide bonds. The molecule has 0 saturated heterocycles. The number of hydrogen-bond acceptors (Lipinski definition) is 5. The van der Waals surface area contributed by atoms with Crippen LogP contribution in [-0.4, -0.2) is 21.8 Å². The summed E-state index contributed by atoms with van der Waals surface area (Å²) >= 11 is 0. The number of fused-ring (bicyclic) bond motifs is 1. The summed E-state index contributed by atoms with van der Waals surface area (Å²) in [4.78, 5) is 23.2. The molecule has 0 unspecified atom stereocenters. The summed E-state index contributed by atoms with van der Waals surface area (Å²) in [6.07, 6.45) is -0.743. The first-order chi connectivity index (χ1) is 10.7. The first-order valence-corrected chi connectivity index (χ1v) is 6.57. The molecule has 6 nitrogen and oxygen atoms in total. The van der Waals surface area contributed by atoms with Gasteiger partial charge in [0.25, 0.3) is 0 Å². The van der Waals surface area contributed by atoms with Gasteiger partial charge in [-0.1, -0.05) is 48.5 Å². The average Bonchev–Trinajstić information content (AvgIpc) is 2.93. The van der Waals surface area contributed by atoms with Crippen molar-refractivity contribution in [2.75, 3.05) is 0 Å². The molecule has 0 aliphatic rings. The lowest BCUT2D eigenvalue weighted by atomic mass is 10.2. The number of ether oxygens (including phenoxy) is 1. The summed E-state index contributed by atoms with van der Waals surface area (Å²) < 4.78 is 6.10. The van der Waals surface area contributed by atoms with Crippen LogP contribution >= 0.6 is 0 Å². The molecule has 0 spiro atoms. The molecule has 0 bridgehead atoms. The van der Waals surface area contributed by atoms with E-state index in [1.807, 2.05) is 30.3 Å². The van der Waals surface area contributed by atoms with Crippen LogP contribution in [0.3, 0.4) is 0 Å². The standard InChI is InChI=1S/C16H12N2O4/c19-15(20)14-12-8-4-5-9-13(12)18(17-14)16(21)22-10-11-6-2-1-3-7-11/h1-9H,10H2,(H,19,20)/p-1. The van der Waals surface area contributed by atoms with Gasteiger partial charge in [-0.2, -0.15) is 9.78 Å². The Hall–Kier alpha value is -3.15. The summed E-state index contributed by atoms with van der Waals surface area (Å²) in [5.74, 6) is -1.44. The van der Waals surface area contributed by atoms with Gasteiger partial charge in [-0.05, 0) is 11.6 Å². The maximum Gasteiger partial charge on any atom is 0.435 e. The van der Waals surface area contributed by atoms with Crippen LogP contribution in [-0.2, 0) is 11.3 Å².